The predicted molar refractivity (Wildman–Crippen MR) is 152 cm³/mol. The van der Waals surface area contributed by atoms with Crippen molar-refractivity contribution in [3.8, 4) is 34.6 Å². The largest absolute Gasteiger partial charge is 0.493 e. The van der Waals surface area contributed by atoms with Gasteiger partial charge >= 0.3 is 0 Å². The molecule has 0 radical (unpaired) electrons. The molecule has 1 aromatic carbocycles. The number of carbonyl (C=O) groups is 1. The van der Waals surface area contributed by atoms with Crippen molar-refractivity contribution in [2.24, 2.45) is 4.99 Å². The summed E-state index contributed by atoms with van der Waals surface area (Å²) in [5, 5.41) is 7.10. The molecule has 0 aliphatic rings. The average molecular weight is 560 g/mol. The molecule has 13 heteroatoms. The van der Waals surface area contributed by atoms with Crippen LogP contribution in [-0.4, -0.2) is 65.3 Å². The molecule has 4 rings (SSSR count). The van der Waals surface area contributed by atoms with Gasteiger partial charge in [-0.1, -0.05) is 0 Å². The number of pyridine rings is 1. The molecule has 0 saturated carbocycles. The molecule has 212 valence electrons. The molecule has 1 amide bonds. The van der Waals surface area contributed by atoms with Gasteiger partial charge in [0, 0.05) is 11.6 Å². The molecule has 0 unspecified atom stereocenters. The maximum Gasteiger partial charge on any atom is 0.281 e. The number of amides is 1. The van der Waals surface area contributed by atoms with E-state index >= 15 is 0 Å². The Balaban J connectivity index is 1.53. The van der Waals surface area contributed by atoms with Gasteiger partial charge in [-0.15, -0.1) is 0 Å². The lowest BCUT2D eigenvalue weighted by atomic mass is 10.1. The summed E-state index contributed by atoms with van der Waals surface area (Å²) in [6.07, 6.45) is 7.69. The Morgan fingerprint density at radius 3 is 2.49 bits per heavy atom. The van der Waals surface area contributed by atoms with Gasteiger partial charge in [0.1, 0.15) is 29.3 Å². The summed E-state index contributed by atoms with van der Waals surface area (Å²) in [6.45, 7) is 7.61. The molecule has 0 aliphatic carbocycles. The predicted octanol–water partition coefficient (Wildman–Crippen LogP) is 4.51. The van der Waals surface area contributed by atoms with Gasteiger partial charge in [0.25, 0.3) is 5.91 Å². The third kappa shape index (κ3) is 6.24. The van der Waals surface area contributed by atoms with Crippen LogP contribution in [0.25, 0.3) is 11.4 Å². The lowest BCUT2D eigenvalue weighted by molar-refractivity contribution is 0.101. The van der Waals surface area contributed by atoms with E-state index in [2.05, 4.69) is 37.1 Å². The zero-order valence-electron chi connectivity index (χ0n) is 23.2. The van der Waals surface area contributed by atoms with Gasteiger partial charge in [-0.3, -0.25) is 9.79 Å². The lowest BCUT2D eigenvalue weighted by Crippen LogP contribution is -2.15. The number of nitrogens with one attached hydrogen (secondary N) is 1. The minimum absolute atomic E-state index is 0.0500. The van der Waals surface area contributed by atoms with Crippen LogP contribution in [0.1, 0.15) is 29.9 Å². The SMILES string of the molecule is C=Nc1cc(OC)c(OC)cc1/C(=C\C)Oc1ccc(NC(=O)c2nn(-c3cncnc3OC)cc2OCC)nc1. The van der Waals surface area contributed by atoms with Gasteiger partial charge in [0.05, 0.1) is 52.2 Å². The second kappa shape index (κ2) is 13.1. The molecule has 0 aliphatic heterocycles. The maximum atomic E-state index is 13.1. The van der Waals surface area contributed by atoms with E-state index in [1.807, 2.05) is 6.92 Å². The third-order valence-electron chi connectivity index (χ3n) is 5.70. The molecule has 4 aromatic rings. The Kier molecular flexibility index (Phi) is 9.09. The van der Waals surface area contributed by atoms with Crippen LogP contribution in [0.15, 0.2) is 60.3 Å². The number of nitrogens with zero attached hydrogens (tertiary/aromatic N) is 6. The molecular weight excluding hydrogens is 530 g/mol. The highest BCUT2D eigenvalue weighted by Gasteiger charge is 2.21. The van der Waals surface area contributed by atoms with Gasteiger partial charge in [-0.05, 0) is 44.8 Å². The van der Waals surface area contributed by atoms with Crippen LogP contribution < -0.4 is 29.0 Å². The Morgan fingerprint density at radius 1 is 1.07 bits per heavy atom. The number of hydrogen-bond donors (Lipinski definition) is 1. The van der Waals surface area contributed by atoms with Crippen molar-refractivity contribution >= 4 is 29.9 Å². The van der Waals surface area contributed by atoms with Crippen molar-refractivity contribution in [2.75, 3.05) is 33.3 Å². The van der Waals surface area contributed by atoms with E-state index < -0.39 is 5.91 Å². The molecule has 0 fully saturated rings. The molecule has 1 N–H and O–H groups in total. The molecular formula is C28H29N7O6. The monoisotopic (exact) mass is 559 g/mol. The number of anilines is 1. The van der Waals surface area contributed by atoms with Gasteiger partial charge in [-0.2, -0.15) is 10.1 Å². The second-order valence-corrected chi connectivity index (χ2v) is 8.11. The van der Waals surface area contributed by atoms with E-state index in [0.29, 0.717) is 52.4 Å². The fraction of sp³-hybridized carbons (Fsp3) is 0.214. The lowest BCUT2D eigenvalue weighted by Gasteiger charge is -2.15. The number of aromatic nitrogens is 5. The zero-order chi connectivity index (χ0) is 29.4. The number of allylic oxidation sites excluding steroid dienone is 1. The van der Waals surface area contributed by atoms with E-state index in [-0.39, 0.29) is 17.3 Å². The summed E-state index contributed by atoms with van der Waals surface area (Å²) in [6, 6.07) is 6.74. The zero-order valence-corrected chi connectivity index (χ0v) is 23.2. The van der Waals surface area contributed by atoms with Gasteiger partial charge < -0.3 is 29.0 Å². The molecule has 3 aromatic heterocycles. The minimum atomic E-state index is -0.523. The van der Waals surface area contributed by atoms with E-state index in [9.17, 15) is 4.79 Å². The summed E-state index contributed by atoms with van der Waals surface area (Å²) in [7, 11) is 4.57. The number of hydrogen-bond acceptors (Lipinski definition) is 11. The molecule has 13 nitrogen and oxygen atoms in total. The molecule has 0 atom stereocenters. The van der Waals surface area contributed by atoms with Gasteiger partial charge in [-0.25, -0.2) is 14.6 Å². The standard InChI is InChI=1S/C28H29N7O6/c1-7-21(18-11-22(37-4)23(38-5)12-19(18)29-3)41-17-9-10-25(31-13-17)33-27(36)26-24(40-8-2)15-35(34-26)20-14-30-16-32-28(20)39-6/h7,9-16H,3,8H2,1-2,4-6H3,(H,31,33,36)/b21-7+. The Hall–Kier alpha value is -5.46. The smallest absolute Gasteiger partial charge is 0.281 e. The van der Waals surface area contributed by atoms with E-state index in [4.69, 9.17) is 23.7 Å². The van der Waals surface area contributed by atoms with Crippen LogP contribution >= 0.6 is 0 Å². The number of benzene rings is 1. The molecule has 0 bridgehead atoms. The highest BCUT2D eigenvalue weighted by atomic mass is 16.5. The van der Waals surface area contributed by atoms with E-state index in [0.717, 1.165) is 0 Å². The number of methoxy groups -OCH3 is 3. The highest BCUT2D eigenvalue weighted by Crippen LogP contribution is 2.38. The second-order valence-electron chi connectivity index (χ2n) is 8.11. The van der Waals surface area contributed by atoms with E-state index in [1.165, 1.54) is 30.5 Å². The van der Waals surface area contributed by atoms with Crippen molar-refractivity contribution in [1.29, 1.82) is 0 Å². The Morgan fingerprint density at radius 2 is 1.85 bits per heavy atom. The van der Waals surface area contributed by atoms with Crippen LogP contribution in [0, 0.1) is 0 Å². The van der Waals surface area contributed by atoms with Crippen LogP contribution in [0.5, 0.6) is 28.9 Å². The fourth-order valence-corrected chi connectivity index (χ4v) is 3.81. The maximum absolute atomic E-state index is 13.1. The van der Waals surface area contributed by atoms with Gasteiger partial charge in [0.15, 0.2) is 22.9 Å². The number of rotatable bonds is 12. The van der Waals surface area contributed by atoms with Crippen LogP contribution in [0.2, 0.25) is 0 Å². The Bertz CT molecular complexity index is 1570. The first kappa shape index (κ1) is 28.5. The molecule has 0 saturated heterocycles. The van der Waals surface area contributed by atoms with E-state index in [1.54, 1.807) is 57.7 Å². The molecule has 3 heterocycles. The minimum Gasteiger partial charge on any atom is -0.493 e. The van der Waals surface area contributed by atoms with Crippen molar-refractivity contribution in [3.63, 3.8) is 0 Å². The molecule has 0 spiro atoms. The highest BCUT2D eigenvalue weighted by molar-refractivity contribution is 6.04. The quantitative estimate of drug-likeness (QED) is 0.194. The number of aliphatic imine (C=N–C) groups is 1. The first-order chi connectivity index (χ1) is 20.0. The van der Waals surface area contributed by atoms with Crippen LogP contribution in [0.4, 0.5) is 11.5 Å². The summed E-state index contributed by atoms with van der Waals surface area (Å²) in [5.41, 5.74) is 1.70. The first-order valence-corrected chi connectivity index (χ1v) is 12.4. The van der Waals surface area contributed by atoms with Crippen molar-refractivity contribution in [2.45, 2.75) is 13.8 Å². The average Bonchev–Trinajstić information content (AvgIpc) is 3.44. The van der Waals surface area contributed by atoms with Gasteiger partial charge in [0.2, 0.25) is 5.88 Å². The summed E-state index contributed by atoms with van der Waals surface area (Å²) >= 11 is 0. The summed E-state index contributed by atoms with van der Waals surface area (Å²) < 4.78 is 29.2. The third-order valence-corrected chi connectivity index (χ3v) is 5.70. The topological polar surface area (TPSA) is 144 Å². The summed E-state index contributed by atoms with van der Waals surface area (Å²) in [5.74, 6) is 2.28. The van der Waals surface area contributed by atoms with Crippen molar-refractivity contribution < 1.29 is 28.5 Å². The first-order valence-electron chi connectivity index (χ1n) is 12.4. The van der Waals surface area contributed by atoms with Crippen molar-refractivity contribution in [3.05, 3.63) is 66.5 Å². The Labute approximate surface area is 236 Å². The van der Waals surface area contributed by atoms with Crippen LogP contribution in [-0.2, 0) is 0 Å². The van der Waals surface area contributed by atoms with Crippen LogP contribution in [0.3, 0.4) is 0 Å². The number of ether oxygens (including phenoxy) is 5. The number of carbonyl (C=O) groups excluding carboxylic acids is 1. The summed E-state index contributed by atoms with van der Waals surface area (Å²) in [4.78, 5) is 29.6. The van der Waals surface area contributed by atoms with Crippen molar-refractivity contribution in [1.82, 2.24) is 24.7 Å². The fourth-order valence-electron chi connectivity index (χ4n) is 3.81. The molecule has 41 heavy (non-hydrogen) atoms. The normalized spacial score (nSPS) is 11.0.